The largest absolute Gasteiger partial charge is 0.494 e. The van der Waals surface area contributed by atoms with E-state index in [0.717, 1.165) is 52.4 Å². The summed E-state index contributed by atoms with van der Waals surface area (Å²) in [5.41, 5.74) is 14.1. The number of hydrogen-bond donors (Lipinski definition) is 2. The van der Waals surface area contributed by atoms with E-state index in [1.165, 1.54) is 17.6 Å². The van der Waals surface area contributed by atoms with E-state index in [0.29, 0.717) is 17.3 Å². The highest BCUT2D eigenvalue weighted by molar-refractivity contribution is 5.95. The van der Waals surface area contributed by atoms with Crippen LogP contribution in [0.1, 0.15) is 23.2 Å². The van der Waals surface area contributed by atoms with Crippen LogP contribution in [-0.2, 0) is 31.1 Å². The third-order valence-corrected chi connectivity index (χ3v) is 6.85. The standard InChI is InChI=1S/C27H26N6O2/c1-32-11-10-17-12-16(6-9-21(17)32)13-24(34)31-20-8-7-18(14-23(20)35-2)33-22-5-3-4-19(22)25-26(33)27(28)30-15-29-25/h6-12,14-15H,3-5,13H2,1-2H3,(H,31,34)(H2,28,29,30). The molecule has 8 nitrogen and oxygen atoms in total. The van der Waals surface area contributed by atoms with Crippen LogP contribution in [0, 0.1) is 0 Å². The molecule has 3 heterocycles. The first kappa shape index (κ1) is 21.2. The van der Waals surface area contributed by atoms with Crippen molar-refractivity contribution in [2.24, 2.45) is 7.05 Å². The van der Waals surface area contributed by atoms with Crippen LogP contribution in [0.2, 0.25) is 0 Å². The molecule has 1 aliphatic carbocycles. The lowest BCUT2D eigenvalue weighted by atomic mass is 10.1. The zero-order valence-electron chi connectivity index (χ0n) is 19.7. The number of benzene rings is 2. The highest BCUT2D eigenvalue weighted by atomic mass is 16.5. The van der Waals surface area contributed by atoms with Crippen LogP contribution < -0.4 is 15.8 Å². The van der Waals surface area contributed by atoms with Crippen molar-refractivity contribution in [1.29, 1.82) is 0 Å². The number of amides is 1. The highest BCUT2D eigenvalue weighted by Crippen LogP contribution is 2.38. The molecule has 0 saturated heterocycles. The van der Waals surface area contributed by atoms with Crippen molar-refractivity contribution in [1.82, 2.24) is 19.1 Å². The van der Waals surface area contributed by atoms with Gasteiger partial charge in [-0.1, -0.05) is 6.07 Å². The number of anilines is 2. The third-order valence-electron chi connectivity index (χ3n) is 6.85. The van der Waals surface area contributed by atoms with Crippen molar-refractivity contribution in [2.45, 2.75) is 25.7 Å². The molecule has 0 spiro atoms. The van der Waals surface area contributed by atoms with E-state index in [2.05, 4.69) is 36.6 Å². The molecule has 8 heteroatoms. The first-order valence-corrected chi connectivity index (χ1v) is 11.7. The minimum absolute atomic E-state index is 0.101. The Morgan fingerprint density at radius 3 is 2.89 bits per heavy atom. The topological polar surface area (TPSA) is 100.0 Å². The van der Waals surface area contributed by atoms with Gasteiger partial charge in [0.2, 0.25) is 5.91 Å². The van der Waals surface area contributed by atoms with Gasteiger partial charge in [-0.15, -0.1) is 0 Å². The van der Waals surface area contributed by atoms with Crippen LogP contribution >= 0.6 is 0 Å². The smallest absolute Gasteiger partial charge is 0.228 e. The van der Waals surface area contributed by atoms with Gasteiger partial charge in [0.15, 0.2) is 5.82 Å². The number of carbonyl (C=O) groups is 1. The average molecular weight is 467 g/mol. The Labute approximate surface area is 202 Å². The molecule has 0 unspecified atom stereocenters. The SMILES string of the molecule is COc1cc(-n2c3c(c4ncnc(N)c42)CCC3)ccc1NC(=O)Cc1ccc2c(ccn2C)c1. The summed E-state index contributed by atoms with van der Waals surface area (Å²) in [7, 11) is 3.62. The van der Waals surface area contributed by atoms with Crippen LogP contribution in [0.25, 0.3) is 27.6 Å². The van der Waals surface area contributed by atoms with Gasteiger partial charge < -0.3 is 24.9 Å². The van der Waals surface area contributed by atoms with E-state index in [9.17, 15) is 4.79 Å². The second-order valence-electron chi connectivity index (χ2n) is 9.00. The van der Waals surface area contributed by atoms with Crippen LogP contribution in [0.5, 0.6) is 5.75 Å². The van der Waals surface area contributed by atoms with Gasteiger partial charge in [-0.3, -0.25) is 4.79 Å². The number of rotatable bonds is 5. The van der Waals surface area contributed by atoms with Gasteiger partial charge in [0.05, 0.1) is 24.7 Å². The van der Waals surface area contributed by atoms with E-state index in [1.807, 2.05) is 43.6 Å². The predicted molar refractivity (Wildman–Crippen MR) is 137 cm³/mol. The number of aromatic nitrogens is 4. The summed E-state index contributed by atoms with van der Waals surface area (Å²) in [6, 6.07) is 13.9. The average Bonchev–Trinajstić information content (AvgIpc) is 3.55. The van der Waals surface area contributed by atoms with Crippen LogP contribution in [0.3, 0.4) is 0 Å². The summed E-state index contributed by atoms with van der Waals surface area (Å²) in [6.07, 6.45) is 6.84. The molecule has 0 aliphatic heterocycles. The van der Waals surface area contributed by atoms with Gasteiger partial charge in [0.1, 0.15) is 17.6 Å². The number of ether oxygens (including phenoxy) is 1. The maximum Gasteiger partial charge on any atom is 0.228 e. The fourth-order valence-electron chi connectivity index (χ4n) is 5.23. The Morgan fingerprint density at radius 1 is 1.14 bits per heavy atom. The van der Waals surface area contributed by atoms with E-state index in [4.69, 9.17) is 10.5 Å². The molecular weight excluding hydrogens is 440 g/mol. The Balaban J connectivity index is 1.31. The molecule has 5 aromatic rings. The molecule has 6 rings (SSSR count). The van der Waals surface area contributed by atoms with Crippen molar-refractivity contribution < 1.29 is 9.53 Å². The van der Waals surface area contributed by atoms with Gasteiger partial charge in [0, 0.05) is 36.2 Å². The Hall–Kier alpha value is -4.33. The summed E-state index contributed by atoms with van der Waals surface area (Å²) < 4.78 is 9.86. The molecule has 1 amide bonds. The zero-order chi connectivity index (χ0) is 24.1. The minimum atomic E-state index is -0.101. The lowest BCUT2D eigenvalue weighted by Gasteiger charge is -2.15. The molecule has 0 radical (unpaired) electrons. The second kappa shape index (κ2) is 8.16. The third kappa shape index (κ3) is 3.49. The zero-order valence-corrected chi connectivity index (χ0v) is 19.7. The monoisotopic (exact) mass is 466 g/mol. The Bertz CT molecular complexity index is 1610. The number of nitrogen functional groups attached to an aromatic ring is 1. The first-order chi connectivity index (χ1) is 17.0. The number of nitrogens with zero attached hydrogens (tertiary/aromatic N) is 4. The molecule has 3 aromatic heterocycles. The molecule has 0 fully saturated rings. The molecule has 176 valence electrons. The van der Waals surface area contributed by atoms with Gasteiger partial charge in [-0.25, -0.2) is 9.97 Å². The van der Waals surface area contributed by atoms with Crippen molar-refractivity contribution >= 4 is 39.3 Å². The molecule has 3 N–H and O–H groups in total. The first-order valence-electron chi connectivity index (χ1n) is 11.7. The van der Waals surface area contributed by atoms with E-state index >= 15 is 0 Å². The normalized spacial score (nSPS) is 12.9. The molecule has 35 heavy (non-hydrogen) atoms. The van der Waals surface area contributed by atoms with Crippen LogP contribution in [0.15, 0.2) is 55.0 Å². The fraction of sp³-hybridized carbons (Fsp3) is 0.222. The van der Waals surface area contributed by atoms with Gasteiger partial charge in [-0.05, 0) is 66.1 Å². The summed E-state index contributed by atoms with van der Waals surface area (Å²) in [4.78, 5) is 21.6. The lowest BCUT2D eigenvalue weighted by Crippen LogP contribution is -2.15. The Morgan fingerprint density at radius 2 is 2.03 bits per heavy atom. The molecule has 1 aliphatic rings. The maximum atomic E-state index is 12.9. The minimum Gasteiger partial charge on any atom is -0.494 e. The maximum absolute atomic E-state index is 12.9. The fourth-order valence-corrected chi connectivity index (χ4v) is 5.23. The van der Waals surface area contributed by atoms with Crippen LogP contribution in [-0.4, -0.2) is 32.1 Å². The number of nitrogens with two attached hydrogens (primary N) is 1. The molecule has 0 saturated carbocycles. The summed E-state index contributed by atoms with van der Waals surface area (Å²) in [5.74, 6) is 0.936. The molecule has 2 aromatic carbocycles. The van der Waals surface area contributed by atoms with Crippen molar-refractivity contribution in [2.75, 3.05) is 18.2 Å². The van der Waals surface area contributed by atoms with Gasteiger partial charge in [-0.2, -0.15) is 0 Å². The Kier molecular flexibility index (Phi) is 4.95. The highest BCUT2D eigenvalue weighted by Gasteiger charge is 2.25. The van der Waals surface area contributed by atoms with E-state index in [1.54, 1.807) is 7.11 Å². The van der Waals surface area contributed by atoms with Gasteiger partial charge in [0.25, 0.3) is 0 Å². The van der Waals surface area contributed by atoms with Crippen LogP contribution in [0.4, 0.5) is 11.5 Å². The number of hydrogen-bond acceptors (Lipinski definition) is 5. The second-order valence-corrected chi connectivity index (χ2v) is 9.00. The number of fused-ring (bicyclic) bond motifs is 4. The lowest BCUT2D eigenvalue weighted by molar-refractivity contribution is -0.115. The summed E-state index contributed by atoms with van der Waals surface area (Å²) >= 11 is 0. The summed E-state index contributed by atoms with van der Waals surface area (Å²) in [6.45, 7) is 0. The van der Waals surface area contributed by atoms with Crippen molar-refractivity contribution in [3.63, 3.8) is 0 Å². The van der Waals surface area contributed by atoms with Crippen molar-refractivity contribution in [3.8, 4) is 11.4 Å². The van der Waals surface area contributed by atoms with Crippen molar-refractivity contribution in [3.05, 3.63) is 71.8 Å². The number of aryl methyl sites for hydroxylation is 2. The molecule has 0 atom stereocenters. The molecule has 0 bridgehead atoms. The quantitative estimate of drug-likeness (QED) is 0.405. The van der Waals surface area contributed by atoms with E-state index < -0.39 is 0 Å². The van der Waals surface area contributed by atoms with Gasteiger partial charge >= 0.3 is 0 Å². The predicted octanol–water partition coefficient (Wildman–Crippen LogP) is 4.17. The molecular formula is C27H26N6O2. The number of nitrogens with one attached hydrogen (secondary N) is 1. The van der Waals surface area contributed by atoms with E-state index in [-0.39, 0.29) is 12.3 Å². The number of carbonyl (C=O) groups excluding carboxylic acids is 1. The number of methoxy groups -OCH3 is 1. The summed E-state index contributed by atoms with van der Waals surface area (Å²) in [5, 5.41) is 4.13.